The fourth-order valence-corrected chi connectivity index (χ4v) is 3.50. The molecule has 36 heavy (non-hydrogen) atoms. The Labute approximate surface area is 211 Å². The van der Waals surface area contributed by atoms with Crippen molar-refractivity contribution in [1.29, 1.82) is 0 Å². The number of oxime groups is 1. The monoisotopic (exact) mass is 540 g/mol. The zero-order chi connectivity index (χ0) is 26.6. The number of alkyl halides is 2. The van der Waals surface area contributed by atoms with Crippen molar-refractivity contribution in [3.8, 4) is 5.82 Å². The number of carboxylic acids is 1. The normalized spacial score (nSPS) is 11.4. The summed E-state index contributed by atoms with van der Waals surface area (Å²) >= 11 is 12.4. The summed E-state index contributed by atoms with van der Waals surface area (Å²) < 4.78 is 27.6. The number of nitrogens with one attached hydrogen (secondary N) is 2. The number of benzene rings is 1. The Morgan fingerprint density at radius 2 is 1.89 bits per heavy atom. The maximum atomic E-state index is 13.4. The molecule has 1 aromatic carbocycles. The van der Waals surface area contributed by atoms with Gasteiger partial charge in [-0.25, -0.2) is 23.2 Å². The molecule has 0 unspecified atom stereocenters. The Morgan fingerprint density at radius 1 is 1.17 bits per heavy atom. The van der Waals surface area contributed by atoms with Crippen LogP contribution < -0.4 is 10.6 Å². The first-order valence-corrected chi connectivity index (χ1v) is 10.5. The molecule has 2 amide bonds. The van der Waals surface area contributed by atoms with Crippen LogP contribution in [0.4, 0.5) is 14.5 Å². The summed E-state index contributed by atoms with van der Waals surface area (Å²) in [5, 5.41) is 21.0. The predicted molar refractivity (Wildman–Crippen MR) is 125 cm³/mol. The zero-order valence-electron chi connectivity index (χ0n) is 18.4. The van der Waals surface area contributed by atoms with Gasteiger partial charge in [-0.1, -0.05) is 28.4 Å². The van der Waals surface area contributed by atoms with Gasteiger partial charge in [0, 0.05) is 18.8 Å². The lowest BCUT2D eigenvalue weighted by Gasteiger charge is -2.15. The van der Waals surface area contributed by atoms with Crippen molar-refractivity contribution in [2.24, 2.45) is 5.16 Å². The first-order valence-electron chi connectivity index (χ1n) is 9.79. The van der Waals surface area contributed by atoms with E-state index >= 15 is 0 Å². The van der Waals surface area contributed by atoms with Crippen molar-refractivity contribution in [2.45, 2.75) is 6.43 Å². The van der Waals surface area contributed by atoms with Crippen LogP contribution in [0.2, 0.25) is 10.0 Å². The molecule has 0 saturated carbocycles. The molecule has 11 nitrogen and oxygen atoms in total. The van der Waals surface area contributed by atoms with Crippen molar-refractivity contribution >= 4 is 52.4 Å². The minimum Gasteiger partial charge on any atom is -0.476 e. The van der Waals surface area contributed by atoms with Gasteiger partial charge in [-0.2, -0.15) is 5.10 Å². The molecule has 0 radical (unpaired) electrons. The largest absolute Gasteiger partial charge is 0.476 e. The molecule has 0 aliphatic rings. The summed E-state index contributed by atoms with van der Waals surface area (Å²) in [4.78, 5) is 45.8. The molecule has 0 aliphatic heterocycles. The highest BCUT2D eigenvalue weighted by atomic mass is 35.5. The number of hydrogen-bond donors (Lipinski definition) is 3. The average molecular weight is 541 g/mol. The second kappa shape index (κ2) is 11.1. The topological polar surface area (TPSA) is 148 Å². The number of aliphatic carboxylic acids is 1. The van der Waals surface area contributed by atoms with E-state index in [-0.39, 0.29) is 38.4 Å². The van der Waals surface area contributed by atoms with Gasteiger partial charge in [0.25, 0.3) is 18.2 Å². The first kappa shape index (κ1) is 26.5. The van der Waals surface area contributed by atoms with Gasteiger partial charge in [-0.15, -0.1) is 0 Å². The molecule has 0 aliphatic carbocycles. The summed E-state index contributed by atoms with van der Waals surface area (Å²) in [6.45, 7) is 0. The van der Waals surface area contributed by atoms with Gasteiger partial charge in [-0.3, -0.25) is 9.59 Å². The van der Waals surface area contributed by atoms with Crippen LogP contribution in [0.3, 0.4) is 0 Å². The maximum Gasteiger partial charge on any atom is 0.358 e. The van der Waals surface area contributed by atoms with Gasteiger partial charge >= 0.3 is 5.97 Å². The summed E-state index contributed by atoms with van der Waals surface area (Å²) in [7, 11) is 2.42. The van der Waals surface area contributed by atoms with E-state index in [1.54, 1.807) is 0 Å². The van der Waals surface area contributed by atoms with Crippen molar-refractivity contribution in [3.63, 3.8) is 0 Å². The Hall–Kier alpha value is -4.10. The quantitative estimate of drug-likeness (QED) is 0.292. The summed E-state index contributed by atoms with van der Waals surface area (Å²) in [6, 6.07) is 6.01. The highest BCUT2D eigenvalue weighted by Crippen LogP contribution is 2.30. The van der Waals surface area contributed by atoms with E-state index in [9.17, 15) is 28.3 Å². The lowest BCUT2D eigenvalue weighted by molar-refractivity contribution is -0.129. The number of anilines is 1. The molecule has 3 aromatic rings. The molecule has 0 bridgehead atoms. The molecule has 2 heterocycles. The average Bonchev–Trinajstić information content (AvgIpc) is 3.29. The Balaban J connectivity index is 2.13. The molecule has 3 N–H and O–H groups in total. The number of amides is 2. The third kappa shape index (κ3) is 5.42. The minimum absolute atomic E-state index is 0.0301. The molecule has 0 spiro atoms. The lowest BCUT2D eigenvalue weighted by Crippen LogP contribution is -2.24. The summed E-state index contributed by atoms with van der Waals surface area (Å²) in [6.07, 6.45) is -1.69. The van der Waals surface area contributed by atoms with Crippen LogP contribution >= 0.6 is 23.2 Å². The molecule has 15 heteroatoms. The van der Waals surface area contributed by atoms with Crippen molar-refractivity contribution < 1.29 is 33.1 Å². The zero-order valence-corrected chi connectivity index (χ0v) is 19.9. The number of carbonyl (C=O) groups is 3. The highest BCUT2D eigenvalue weighted by molar-refractivity contribution is 6.44. The second-order valence-electron chi connectivity index (χ2n) is 6.82. The summed E-state index contributed by atoms with van der Waals surface area (Å²) in [5.41, 5.74) is -2.25. The molecule has 188 valence electrons. The molecular formula is C21H16Cl2F2N6O5. The molecule has 2 aromatic heterocycles. The van der Waals surface area contributed by atoms with E-state index in [1.807, 2.05) is 0 Å². The third-order valence-corrected chi connectivity index (χ3v) is 5.18. The van der Waals surface area contributed by atoms with Crippen LogP contribution in [0.5, 0.6) is 0 Å². The van der Waals surface area contributed by atoms with E-state index in [2.05, 4.69) is 30.7 Å². The standard InChI is InChI=1S/C21H16Cl2F2N6O5/c1-26-19(32)10-6-9(15(21(34)35)30-36-2)7-12(23)16(10)28-20(33)14-8-13(17(24)25)29-31(14)18-11(22)4-3-5-27-18/h3-8,17H,1-2H3,(H,26,32)(H,28,33)(H,34,35). The number of rotatable bonds is 8. The first-order chi connectivity index (χ1) is 17.1. The SMILES string of the molecule is CNC(=O)c1cc(C(=NOC)C(=O)O)cc(Cl)c1NC(=O)c1cc(C(F)F)nn1-c1ncccc1Cl. The number of aromatic nitrogens is 3. The number of pyridine rings is 1. The van der Waals surface area contributed by atoms with Crippen LogP contribution in [0, 0.1) is 0 Å². The van der Waals surface area contributed by atoms with Gasteiger partial charge in [0.05, 0.1) is 21.3 Å². The van der Waals surface area contributed by atoms with Gasteiger partial charge in [0.15, 0.2) is 11.5 Å². The molecular weight excluding hydrogens is 525 g/mol. The van der Waals surface area contributed by atoms with E-state index in [4.69, 9.17) is 23.2 Å². The van der Waals surface area contributed by atoms with Gasteiger partial charge in [-0.05, 0) is 30.3 Å². The Bertz CT molecular complexity index is 1380. The highest BCUT2D eigenvalue weighted by Gasteiger charge is 2.26. The van der Waals surface area contributed by atoms with Crippen molar-refractivity contribution in [1.82, 2.24) is 20.1 Å². The molecule has 0 fully saturated rings. The van der Waals surface area contributed by atoms with Crippen molar-refractivity contribution in [2.75, 3.05) is 19.5 Å². The second-order valence-corrected chi connectivity index (χ2v) is 7.63. The Morgan fingerprint density at radius 3 is 2.47 bits per heavy atom. The van der Waals surface area contributed by atoms with Crippen LogP contribution in [-0.2, 0) is 9.63 Å². The van der Waals surface area contributed by atoms with Gasteiger partial charge in [0.2, 0.25) is 0 Å². The van der Waals surface area contributed by atoms with Crippen LogP contribution in [-0.4, -0.2) is 57.5 Å². The predicted octanol–water partition coefficient (Wildman–Crippen LogP) is 3.56. The van der Waals surface area contributed by atoms with Gasteiger partial charge < -0.3 is 20.6 Å². The smallest absolute Gasteiger partial charge is 0.358 e. The minimum atomic E-state index is -3.01. The summed E-state index contributed by atoms with van der Waals surface area (Å²) in [5.74, 6) is -3.29. The fourth-order valence-electron chi connectivity index (χ4n) is 3.03. The molecule has 0 saturated heterocycles. The maximum absolute atomic E-state index is 13.4. The van der Waals surface area contributed by atoms with Crippen LogP contribution in [0.1, 0.15) is 38.5 Å². The third-order valence-electron chi connectivity index (χ3n) is 4.58. The lowest BCUT2D eigenvalue weighted by atomic mass is 10.0. The number of nitrogens with zero attached hydrogens (tertiary/aromatic N) is 4. The fraction of sp³-hybridized carbons (Fsp3) is 0.143. The van der Waals surface area contributed by atoms with E-state index in [1.165, 1.54) is 25.4 Å². The van der Waals surface area contributed by atoms with Gasteiger partial charge in [0.1, 0.15) is 18.5 Å². The Kier molecular flexibility index (Phi) is 8.17. The van der Waals surface area contributed by atoms with E-state index in [0.29, 0.717) is 0 Å². The van der Waals surface area contributed by atoms with Crippen molar-refractivity contribution in [3.05, 3.63) is 69.1 Å². The van der Waals surface area contributed by atoms with E-state index in [0.717, 1.165) is 30.0 Å². The molecule has 3 rings (SSSR count). The van der Waals surface area contributed by atoms with E-state index < -0.39 is 35.6 Å². The molecule has 0 atom stereocenters. The number of carboxylic acid groups (broad SMARTS) is 1. The van der Waals surface area contributed by atoms with Crippen LogP contribution in [0.15, 0.2) is 41.7 Å². The van der Waals surface area contributed by atoms with Crippen LogP contribution in [0.25, 0.3) is 5.82 Å². The number of halogens is 4. The number of carbonyl (C=O) groups excluding carboxylic acids is 2. The number of hydrogen-bond acceptors (Lipinski definition) is 7.